The normalized spacial score (nSPS) is 14.2. The molecule has 1 saturated heterocycles. The molecule has 0 aromatic carbocycles. The number of nitrogens with zero attached hydrogens (tertiary/aromatic N) is 5. The first-order valence-electron chi connectivity index (χ1n) is 10.2. The minimum atomic E-state index is -4.79. The number of nitrogens with one attached hydrogen (secondary N) is 1. The van der Waals surface area contributed by atoms with Gasteiger partial charge in [-0.1, -0.05) is 11.3 Å². The minimum absolute atomic E-state index is 0.0165. The topological polar surface area (TPSA) is 141 Å². The van der Waals surface area contributed by atoms with Gasteiger partial charge in [-0.25, -0.2) is 4.98 Å². The lowest BCUT2D eigenvalue weighted by molar-refractivity contribution is -0.138. The van der Waals surface area contributed by atoms with Crippen LogP contribution < -0.4 is 10.6 Å². The summed E-state index contributed by atoms with van der Waals surface area (Å²) >= 11 is 1.30. The number of carbonyl (C=O) groups is 2. The highest BCUT2D eigenvalue weighted by Gasteiger charge is 2.38. The fourth-order valence-corrected chi connectivity index (χ4v) is 4.34. The van der Waals surface area contributed by atoms with E-state index in [0.29, 0.717) is 37.3 Å². The molecule has 0 bridgehead atoms. The Morgan fingerprint density at radius 3 is 2.56 bits per heavy atom. The Labute approximate surface area is 196 Å². The lowest BCUT2D eigenvalue weighted by Gasteiger charge is -2.34. The minimum Gasteiger partial charge on any atom is -0.379 e. The number of amides is 2. The average molecular weight is 498 g/mol. The Morgan fingerprint density at radius 2 is 2.00 bits per heavy atom. The second-order valence-electron chi connectivity index (χ2n) is 7.35. The van der Waals surface area contributed by atoms with Crippen LogP contribution in [0, 0.1) is 16.7 Å². The molecule has 0 unspecified atom stereocenters. The van der Waals surface area contributed by atoms with Gasteiger partial charge in [-0.3, -0.25) is 9.59 Å². The van der Waals surface area contributed by atoms with E-state index in [-0.39, 0.29) is 37.8 Å². The second-order valence-corrected chi connectivity index (χ2v) is 8.36. The summed E-state index contributed by atoms with van der Waals surface area (Å²) in [4.78, 5) is 32.4. The Kier molecular flexibility index (Phi) is 7.90. The van der Waals surface area contributed by atoms with Crippen molar-refractivity contribution >= 4 is 34.5 Å². The van der Waals surface area contributed by atoms with Crippen molar-refractivity contribution in [1.82, 2.24) is 14.5 Å². The summed E-state index contributed by atoms with van der Waals surface area (Å²) in [7, 11) is 0. The number of halogens is 3. The number of hydrogen-bond donors (Lipinski definition) is 2. The summed E-state index contributed by atoms with van der Waals surface area (Å²) in [5, 5.41) is 17.0. The highest BCUT2D eigenvalue weighted by Crippen LogP contribution is 2.34. The standard InChI is InChI=1S/C20H22F3N7O3S/c21-20(22,23)14-12-30(15(10-25)17(14)18(26)32)6-8-33-7-1-16(31)28-2-4-29(5-3-28)19-27-11-13(9-24)34-19/h10-12,25H,1-8H2,(H2,26,32). The van der Waals surface area contributed by atoms with E-state index in [2.05, 4.69) is 4.98 Å². The Balaban J connectivity index is 1.45. The van der Waals surface area contributed by atoms with Crippen LogP contribution in [0.5, 0.6) is 0 Å². The molecule has 1 aliphatic rings. The molecule has 0 aliphatic carbocycles. The van der Waals surface area contributed by atoms with Gasteiger partial charge in [0.1, 0.15) is 10.9 Å². The number of alkyl halides is 3. The summed E-state index contributed by atoms with van der Waals surface area (Å²) in [6.45, 7) is 2.20. The maximum Gasteiger partial charge on any atom is 0.418 e. The van der Waals surface area contributed by atoms with Crippen LogP contribution in [0.4, 0.5) is 18.3 Å². The Hall–Kier alpha value is -3.44. The zero-order valence-corrected chi connectivity index (χ0v) is 18.8. The van der Waals surface area contributed by atoms with Crippen LogP contribution in [0.1, 0.15) is 32.9 Å². The van der Waals surface area contributed by atoms with Crippen molar-refractivity contribution in [1.29, 1.82) is 10.7 Å². The van der Waals surface area contributed by atoms with Crippen LogP contribution in [-0.4, -0.2) is 71.9 Å². The van der Waals surface area contributed by atoms with Crippen molar-refractivity contribution in [2.75, 3.05) is 44.3 Å². The van der Waals surface area contributed by atoms with E-state index in [0.717, 1.165) is 15.9 Å². The van der Waals surface area contributed by atoms with Crippen LogP contribution in [0.15, 0.2) is 12.4 Å². The Morgan fingerprint density at radius 1 is 1.29 bits per heavy atom. The monoisotopic (exact) mass is 497 g/mol. The van der Waals surface area contributed by atoms with Crippen molar-refractivity contribution in [2.45, 2.75) is 19.1 Å². The molecular formula is C20H22F3N7O3S. The van der Waals surface area contributed by atoms with E-state index in [1.807, 2.05) is 11.0 Å². The smallest absolute Gasteiger partial charge is 0.379 e. The SMILES string of the molecule is N#Cc1cnc(N2CCN(C(=O)CCOCCn3cc(C(F)(F)F)c(C(N)=O)c3C=N)CC2)s1. The van der Waals surface area contributed by atoms with Crippen LogP contribution in [-0.2, 0) is 22.3 Å². The highest BCUT2D eigenvalue weighted by atomic mass is 32.1. The van der Waals surface area contributed by atoms with E-state index in [4.69, 9.17) is 21.1 Å². The summed E-state index contributed by atoms with van der Waals surface area (Å²) in [6.07, 6.45) is -1.78. The van der Waals surface area contributed by atoms with Gasteiger partial charge in [-0.15, -0.1) is 0 Å². The van der Waals surface area contributed by atoms with Crippen molar-refractivity contribution < 1.29 is 27.5 Å². The number of nitrogens with two attached hydrogens (primary N) is 1. The van der Waals surface area contributed by atoms with Crippen molar-refractivity contribution in [3.63, 3.8) is 0 Å². The molecule has 0 radical (unpaired) electrons. The lowest BCUT2D eigenvalue weighted by Crippen LogP contribution is -2.49. The van der Waals surface area contributed by atoms with Gasteiger partial charge >= 0.3 is 6.18 Å². The van der Waals surface area contributed by atoms with Crippen LogP contribution in [0.2, 0.25) is 0 Å². The van der Waals surface area contributed by atoms with Crippen molar-refractivity contribution in [3.05, 3.63) is 34.1 Å². The van der Waals surface area contributed by atoms with E-state index in [1.54, 1.807) is 4.90 Å². The molecule has 0 atom stereocenters. The largest absolute Gasteiger partial charge is 0.418 e. The maximum absolute atomic E-state index is 13.2. The van der Waals surface area contributed by atoms with Gasteiger partial charge in [-0.2, -0.15) is 18.4 Å². The number of piperazine rings is 1. The maximum atomic E-state index is 13.2. The molecule has 2 amide bonds. The van der Waals surface area contributed by atoms with E-state index >= 15 is 0 Å². The lowest BCUT2D eigenvalue weighted by atomic mass is 10.1. The van der Waals surface area contributed by atoms with Gasteiger partial charge in [0.05, 0.1) is 42.7 Å². The second kappa shape index (κ2) is 10.7. The van der Waals surface area contributed by atoms with Gasteiger partial charge in [0.15, 0.2) is 5.13 Å². The quantitative estimate of drug-likeness (QED) is 0.399. The van der Waals surface area contributed by atoms with Gasteiger partial charge in [-0.05, 0) is 0 Å². The molecule has 3 N–H and O–H groups in total. The zero-order chi connectivity index (χ0) is 24.9. The van der Waals surface area contributed by atoms with E-state index in [9.17, 15) is 22.8 Å². The first-order chi connectivity index (χ1) is 16.2. The molecule has 10 nitrogen and oxygen atoms in total. The molecule has 1 aliphatic heterocycles. The predicted octanol–water partition coefficient (Wildman–Crippen LogP) is 1.69. The van der Waals surface area contributed by atoms with Gasteiger partial charge < -0.3 is 30.2 Å². The van der Waals surface area contributed by atoms with E-state index < -0.39 is 23.2 Å². The number of primary amides is 1. The third kappa shape index (κ3) is 5.72. The summed E-state index contributed by atoms with van der Waals surface area (Å²) in [6, 6.07) is 2.05. The number of thiazole rings is 1. The first kappa shape index (κ1) is 25.2. The van der Waals surface area contributed by atoms with Crippen LogP contribution >= 0.6 is 11.3 Å². The number of hydrogen-bond acceptors (Lipinski definition) is 8. The third-order valence-electron chi connectivity index (χ3n) is 5.25. The molecule has 2 aromatic heterocycles. The molecule has 0 spiro atoms. The number of carbonyl (C=O) groups excluding carboxylic acids is 2. The first-order valence-corrected chi connectivity index (χ1v) is 11.0. The van der Waals surface area contributed by atoms with Crippen molar-refractivity contribution in [3.8, 4) is 6.07 Å². The molecule has 0 saturated carbocycles. The molecule has 1 fully saturated rings. The Bertz CT molecular complexity index is 1100. The number of rotatable bonds is 9. The molecule has 3 heterocycles. The molecule has 2 aromatic rings. The zero-order valence-electron chi connectivity index (χ0n) is 18.0. The number of anilines is 1. The highest BCUT2D eigenvalue weighted by molar-refractivity contribution is 7.16. The summed E-state index contributed by atoms with van der Waals surface area (Å²) < 4.78 is 46.1. The molecule has 34 heavy (non-hydrogen) atoms. The van der Waals surface area contributed by atoms with Crippen LogP contribution in [0.25, 0.3) is 0 Å². The van der Waals surface area contributed by atoms with Gasteiger partial charge in [0, 0.05) is 45.1 Å². The van der Waals surface area contributed by atoms with Crippen molar-refractivity contribution in [2.24, 2.45) is 5.73 Å². The summed E-state index contributed by atoms with van der Waals surface area (Å²) in [5.41, 5.74) is 2.88. The number of nitriles is 1. The van der Waals surface area contributed by atoms with E-state index in [1.165, 1.54) is 17.5 Å². The fraction of sp³-hybridized carbons (Fsp3) is 0.450. The molecule has 3 rings (SSSR count). The predicted molar refractivity (Wildman–Crippen MR) is 117 cm³/mol. The molecule has 14 heteroatoms. The summed E-state index contributed by atoms with van der Waals surface area (Å²) in [5.74, 6) is -1.37. The molecule has 182 valence electrons. The van der Waals surface area contributed by atoms with Crippen LogP contribution in [0.3, 0.4) is 0 Å². The molecular weight excluding hydrogens is 475 g/mol. The van der Waals surface area contributed by atoms with Gasteiger partial charge in [0.25, 0.3) is 5.91 Å². The number of ether oxygens (including phenoxy) is 1. The third-order valence-corrected chi connectivity index (χ3v) is 6.21. The van der Waals surface area contributed by atoms with Gasteiger partial charge in [0.2, 0.25) is 5.91 Å². The fourth-order valence-electron chi connectivity index (χ4n) is 3.58. The average Bonchev–Trinajstić information content (AvgIpc) is 3.43. The number of aromatic nitrogens is 2.